The number of anilines is 1. The van der Waals surface area contributed by atoms with Crippen LogP contribution in [0.1, 0.15) is 33.6 Å². The highest BCUT2D eigenvalue weighted by Gasteiger charge is 2.35. The van der Waals surface area contributed by atoms with Gasteiger partial charge in [0.05, 0.1) is 12.8 Å². The number of methoxy groups -OCH3 is 1. The van der Waals surface area contributed by atoms with Gasteiger partial charge >= 0.3 is 5.97 Å². The van der Waals surface area contributed by atoms with E-state index in [1.165, 1.54) is 0 Å². The molecule has 0 amide bonds. The van der Waals surface area contributed by atoms with E-state index >= 15 is 0 Å². The smallest absolute Gasteiger partial charge is 0.329 e. The van der Waals surface area contributed by atoms with Crippen LogP contribution in [0.5, 0.6) is 5.75 Å². The first kappa shape index (κ1) is 17.5. The van der Waals surface area contributed by atoms with Gasteiger partial charge in [-0.1, -0.05) is 12.1 Å². The van der Waals surface area contributed by atoms with Crippen LogP contribution in [0, 0.1) is 0 Å². The summed E-state index contributed by atoms with van der Waals surface area (Å²) in [5.41, 5.74) is 0.290. The minimum atomic E-state index is -0.497. The molecule has 0 bridgehead atoms. The molecule has 23 heavy (non-hydrogen) atoms. The molecule has 1 atom stereocenters. The summed E-state index contributed by atoms with van der Waals surface area (Å²) >= 11 is 5.49. The Bertz CT molecular complexity index is 583. The summed E-state index contributed by atoms with van der Waals surface area (Å²) in [6.07, 6.45) is 1.67. The lowest BCUT2D eigenvalue weighted by Crippen LogP contribution is -2.45. The average molecular weight is 336 g/mol. The monoisotopic (exact) mass is 336 g/mol. The number of hydrogen-bond donors (Lipinski definition) is 1. The maximum atomic E-state index is 12.4. The third-order valence-electron chi connectivity index (χ3n) is 3.54. The van der Waals surface area contributed by atoms with Gasteiger partial charge in [-0.2, -0.15) is 0 Å². The Labute approximate surface area is 142 Å². The number of likely N-dealkylation sites (tertiary alicyclic amines) is 1. The molecule has 2 rings (SSSR count). The number of thiocarbonyl (C=S) groups is 1. The van der Waals surface area contributed by atoms with Crippen LogP contribution in [0.3, 0.4) is 0 Å². The Morgan fingerprint density at radius 2 is 2.04 bits per heavy atom. The standard InChI is InChI=1S/C17H24N2O3S/c1-17(2,3)22-15(20)13-9-7-11-19(13)16(23)18-12-8-5-6-10-14(12)21-4/h5-6,8,10,13H,7,9,11H2,1-4H3,(H,18,23). The van der Waals surface area contributed by atoms with Crippen molar-refractivity contribution < 1.29 is 14.3 Å². The molecule has 0 saturated carbocycles. The Kier molecular flexibility index (Phi) is 5.46. The van der Waals surface area contributed by atoms with Crippen molar-refractivity contribution in [3.63, 3.8) is 0 Å². The number of esters is 1. The minimum Gasteiger partial charge on any atom is -0.495 e. The highest BCUT2D eigenvalue weighted by Crippen LogP contribution is 2.26. The number of nitrogens with zero attached hydrogens (tertiary/aromatic N) is 1. The number of para-hydroxylation sites is 2. The number of nitrogens with one attached hydrogen (secondary N) is 1. The molecule has 6 heteroatoms. The maximum absolute atomic E-state index is 12.4. The molecule has 1 aliphatic rings. The van der Waals surface area contributed by atoms with E-state index in [9.17, 15) is 4.79 Å². The van der Waals surface area contributed by atoms with E-state index < -0.39 is 5.60 Å². The highest BCUT2D eigenvalue weighted by molar-refractivity contribution is 7.80. The lowest BCUT2D eigenvalue weighted by Gasteiger charge is -2.29. The van der Waals surface area contributed by atoms with Crippen molar-refractivity contribution in [3.05, 3.63) is 24.3 Å². The molecule has 1 unspecified atom stereocenters. The molecule has 0 radical (unpaired) electrons. The van der Waals surface area contributed by atoms with Crippen molar-refractivity contribution >= 4 is 29.0 Å². The van der Waals surface area contributed by atoms with Crippen LogP contribution in [-0.4, -0.2) is 41.3 Å². The predicted octanol–water partition coefficient (Wildman–Crippen LogP) is 3.20. The van der Waals surface area contributed by atoms with Gasteiger partial charge in [0.25, 0.3) is 0 Å². The third-order valence-corrected chi connectivity index (χ3v) is 3.88. The average Bonchev–Trinajstić information content (AvgIpc) is 2.95. The fourth-order valence-corrected chi connectivity index (χ4v) is 2.89. The van der Waals surface area contributed by atoms with Crippen LogP contribution in [-0.2, 0) is 9.53 Å². The first-order chi connectivity index (χ1) is 10.8. The molecule has 126 valence electrons. The van der Waals surface area contributed by atoms with E-state index in [1.807, 2.05) is 49.9 Å². The topological polar surface area (TPSA) is 50.8 Å². The Balaban J connectivity index is 2.07. The van der Waals surface area contributed by atoms with E-state index in [0.717, 1.165) is 25.1 Å². The number of rotatable bonds is 3. The second kappa shape index (κ2) is 7.17. The van der Waals surface area contributed by atoms with Crippen molar-refractivity contribution in [2.75, 3.05) is 19.0 Å². The Morgan fingerprint density at radius 1 is 1.35 bits per heavy atom. The highest BCUT2D eigenvalue weighted by atomic mass is 32.1. The van der Waals surface area contributed by atoms with Crippen LogP contribution in [0.25, 0.3) is 0 Å². The molecule has 1 heterocycles. The van der Waals surface area contributed by atoms with Gasteiger partial charge in [0, 0.05) is 6.54 Å². The van der Waals surface area contributed by atoms with Crippen molar-refractivity contribution in [3.8, 4) is 5.75 Å². The number of hydrogen-bond acceptors (Lipinski definition) is 4. The number of ether oxygens (including phenoxy) is 2. The van der Waals surface area contributed by atoms with Gasteiger partial charge in [0.2, 0.25) is 0 Å². The molecular weight excluding hydrogens is 312 g/mol. The Hall–Kier alpha value is -1.82. The molecule has 1 fully saturated rings. The fraction of sp³-hybridized carbons (Fsp3) is 0.529. The summed E-state index contributed by atoms with van der Waals surface area (Å²) in [5.74, 6) is 0.488. The lowest BCUT2D eigenvalue weighted by atomic mass is 10.1. The zero-order valence-electron chi connectivity index (χ0n) is 14.1. The summed E-state index contributed by atoms with van der Waals surface area (Å²) in [6.45, 7) is 6.35. The fourth-order valence-electron chi connectivity index (χ4n) is 2.56. The molecule has 1 aromatic rings. The zero-order chi connectivity index (χ0) is 17.0. The van der Waals surface area contributed by atoms with Crippen LogP contribution in [0.4, 0.5) is 5.69 Å². The van der Waals surface area contributed by atoms with Crippen molar-refractivity contribution in [2.24, 2.45) is 0 Å². The van der Waals surface area contributed by atoms with Crippen molar-refractivity contribution in [2.45, 2.75) is 45.3 Å². The van der Waals surface area contributed by atoms with Crippen LogP contribution < -0.4 is 10.1 Å². The first-order valence-corrected chi connectivity index (χ1v) is 8.16. The van der Waals surface area contributed by atoms with Gasteiger partial charge in [-0.05, 0) is 58.0 Å². The normalized spacial score (nSPS) is 17.7. The molecule has 1 aromatic carbocycles. The lowest BCUT2D eigenvalue weighted by molar-refractivity contribution is -0.159. The summed E-state index contributed by atoms with van der Waals surface area (Å²) in [4.78, 5) is 14.3. The molecule has 1 N–H and O–H groups in total. The summed E-state index contributed by atoms with van der Waals surface area (Å²) < 4.78 is 10.8. The molecule has 5 nitrogen and oxygen atoms in total. The minimum absolute atomic E-state index is 0.223. The SMILES string of the molecule is COc1ccccc1NC(=S)N1CCCC1C(=O)OC(C)(C)C. The van der Waals surface area contributed by atoms with Gasteiger partial charge in [0.15, 0.2) is 5.11 Å². The van der Waals surface area contributed by atoms with Gasteiger partial charge in [-0.3, -0.25) is 0 Å². The molecular formula is C17H24N2O3S. The van der Waals surface area contributed by atoms with E-state index in [1.54, 1.807) is 7.11 Å². The van der Waals surface area contributed by atoms with Crippen LogP contribution >= 0.6 is 12.2 Å². The Morgan fingerprint density at radius 3 is 2.70 bits per heavy atom. The molecule has 1 aliphatic heterocycles. The molecule has 0 aromatic heterocycles. The largest absolute Gasteiger partial charge is 0.495 e. The number of carbonyl (C=O) groups excluding carboxylic acids is 1. The van der Waals surface area contributed by atoms with E-state index in [-0.39, 0.29) is 12.0 Å². The molecule has 0 aliphatic carbocycles. The van der Waals surface area contributed by atoms with Gasteiger partial charge in [-0.25, -0.2) is 4.79 Å². The van der Waals surface area contributed by atoms with Gasteiger partial charge < -0.3 is 19.7 Å². The predicted molar refractivity (Wildman–Crippen MR) is 94.8 cm³/mol. The summed E-state index contributed by atoms with van der Waals surface area (Å²) in [6, 6.07) is 7.23. The first-order valence-electron chi connectivity index (χ1n) is 7.75. The van der Waals surface area contributed by atoms with Crippen LogP contribution in [0.15, 0.2) is 24.3 Å². The van der Waals surface area contributed by atoms with Gasteiger partial charge in [-0.15, -0.1) is 0 Å². The third kappa shape index (κ3) is 4.58. The zero-order valence-corrected chi connectivity index (χ0v) is 14.9. The molecule has 0 spiro atoms. The van der Waals surface area contributed by atoms with Gasteiger partial charge in [0.1, 0.15) is 17.4 Å². The maximum Gasteiger partial charge on any atom is 0.329 e. The quantitative estimate of drug-likeness (QED) is 0.676. The van der Waals surface area contributed by atoms with E-state index in [0.29, 0.717) is 10.9 Å². The van der Waals surface area contributed by atoms with Crippen molar-refractivity contribution in [1.82, 2.24) is 4.90 Å². The van der Waals surface area contributed by atoms with E-state index in [2.05, 4.69) is 5.32 Å². The van der Waals surface area contributed by atoms with E-state index in [4.69, 9.17) is 21.7 Å². The number of benzene rings is 1. The summed E-state index contributed by atoms with van der Waals surface area (Å²) in [5, 5.41) is 3.69. The summed E-state index contributed by atoms with van der Waals surface area (Å²) in [7, 11) is 1.61. The number of carbonyl (C=O) groups is 1. The second-order valence-electron chi connectivity index (χ2n) is 6.52. The van der Waals surface area contributed by atoms with Crippen LogP contribution in [0.2, 0.25) is 0 Å². The van der Waals surface area contributed by atoms with Crippen molar-refractivity contribution in [1.29, 1.82) is 0 Å². The second-order valence-corrected chi connectivity index (χ2v) is 6.90. The molecule has 1 saturated heterocycles.